The number of H-pyrrole nitrogens is 1. The fourth-order valence-corrected chi connectivity index (χ4v) is 4.51. The van der Waals surface area contributed by atoms with Gasteiger partial charge in [0.05, 0.1) is 23.0 Å². The number of hydrogen-bond acceptors (Lipinski definition) is 4. The van der Waals surface area contributed by atoms with Crippen LogP contribution in [0.3, 0.4) is 0 Å². The number of aromatic amines is 1. The average Bonchev–Trinajstić information content (AvgIpc) is 2.86. The van der Waals surface area contributed by atoms with Crippen molar-refractivity contribution in [3.63, 3.8) is 0 Å². The molecule has 0 radical (unpaired) electrons. The summed E-state index contributed by atoms with van der Waals surface area (Å²) in [6.07, 6.45) is 1.10. The maximum Gasteiger partial charge on any atom is 0.329 e. The minimum atomic E-state index is -0.646. The van der Waals surface area contributed by atoms with Crippen LogP contribution in [-0.2, 0) is 11.3 Å². The lowest BCUT2D eigenvalue weighted by Gasteiger charge is -2.41. The third kappa shape index (κ3) is 4.37. The summed E-state index contributed by atoms with van der Waals surface area (Å²) < 4.78 is 16.1. The van der Waals surface area contributed by atoms with Crippen molar-refractivity contribution in [2.45, 2.75) is 39.3 Å². The molecule has 0 spiro atoms. The maximum atomic E-state index is 14.7. The van der Waals surface area contributed by atoms with E-state index in [1.807, 2.05) is 13.8 Å². The highest BCUT2D eigenvalue weighted by Gasteiger charge is 2.32. The molecule has 34 heavy (non-hydrogen) atoms. The van der Waals surface area contributed by atoms with Gasteiger partial charge in [0, 0.05) is 32.1 Å². The van der Waals surface area contributed by atoms with Gasteiger partial charge in [0.1, 0.15) is 5.82 Å². The number of piperazine rings is 1. The molecule has 9 heteroatoms. The quantitative estimate of drug-likeness (QED) is 0.625. The van der Waals surface area contributed by atoms with Crippen LogP contribution in [0.2, 0.25) is 0 Å². The molecule has 2 aromatic carbocycles. The maximum absolute atomic E-state index is 14.7. The molecular weight excluding hydrogens is 439 g/mol. The average molecular weight is 467 g/mol. The fourth-order valence-electron chi connectivity index (χ4n) is 4.51. The Morgan fingerprint density at radius 3 is 2.59 bits per heavy atom. The molecule has 0 saturated carbocycles. The lowest BCUT2D eigenvalue weighted by Crippen LogP contribution is -2.56. The lowest BCUT2D eigenvalue weighted by atomic mass is 10.0. The topological polar surface area (TPSA) is 95.5 Å². The number of para-hydroxylation sites is 1. The largest absolute Gasteiger partial charge is 0.336 e. The van der Waals surface area contributed by atoms with E-state index in [1.165, 1.54) is 22.8 Å². The molecule has 0 unspecified atom stereocenters. The summed E-state index contributed by atoms with van der Waals surface area (Å²) in [5.41, 5.74) is -0.127. The summed E-state index contributed by atoms with van der Waals surface area (Å²) in [5, 5.41) is 0.366. The minimum Gasteiger partial charge on any atom is -0.336 e. The van der Waals surface area contributed by atoms with Crippen LogP contribution >= 0.6 is 0 Å². The van der Waals surface area contributed by atoms with E-state index < -0.39 is 23.0 Å². The molecule has 0 aliphatic carbocycles. The monoisotopic (exact) mass is 466 g/mol. The summed E-state index contributed by atoms with van der Waals surface area (Å²) in [7, 11) is 0. The molecular formula is C25H27FN4O4. The summed E-state index contributed by atoms with van der Waals surface area (Å²) >= 11 is 0. The zero-order valence-electron chi connectivity index (χ0n) is 19.2. The van der Waals surface area contributed by atoms with Crippen molar-refractivity contribution in [3.8, 4) is 0 Å². The number of carbonyl (C=O) groups is 2. The number of halogens is 1. The van der Waals surface area contributed by atoms with E-state index in [1.54, 1.807) is 34.1 Å². The number of rotatable bonds is 5. The van der Waals surface area contributed by atoms with Crippen molar-refractivity contribution < 1.29 is 14.0 Å². The van der Waals surface area contributed by atoms with E-state index in [4.69, 9.17) is 0 Å². The van der Waals surface area contributed by atoms with Crippen LogP contribution in [-0.4, -0.2) is 56.8 Å². The first kappa shape index (κ1) is 23.4. The van der Waals surface area contributed by atoms with Crippen molar-refractivity contribution in [1.82, 2.24) is 19.4 Å². The summed E-state index contributed by atoms with van der Waals surface area (Å²) in [6.45, 7) is 4.92. The fraction of sp³-hybridized carbons (Fsp3) is 0.360. The number of amides is 2. The zero-order chi connectivity index (χ0) is 24.4. The molecule has 1 aliphatic rings. The Kier molecular flexibility index (Phi) is 6.63. The minimum absolute atomic E-state index is 0.0469. The van der Waals surface area contributed by atoms with Gasteiger partial charge in [-0.15, -0.1) is 0 Å². The Morgan fingerprint density at radius 1 is 1.09 bits per heavy atom. The Balaban J connectivity index is 1.62. The third-order valence-electron chi connectivity index (χ3n) is 6.37. The van der Waals surface area contributed by atoms with Gasteiger partial charge in [-0.1, -0.05) is 32.0 Å². The molecule has 8 nitrogen and oxygen atoms in total. The number of benzene rings is 2. The SMILES string of the molecule is CCC(=O)N1CCN(C(=O)c2cc(Cn3c(=O)[nH]c(=O)c4ccccc43)ccc2F)C[C@H]1CC. The van der Waals surface area contributed by atoms with Crippen LogP contribution in [0, 0.1) is 5.82 Å². The molecule has 3 aromatic rings. The number of carbonyl (C=O) groups excluding carboxylic acids is 2. The van der Waals surface area contributed by atoms with Crippen LogP contribution in [0.15, 0.2) is 52.1 Å². The second-order valence-corrected chi connectivity index (χ2v) is 8.43. The molecule has 4 rings (SSSR count). The normalized spacial score (nSPS) is 16.1. The van der Waals surface area contributed by atoms with E-state index in [2.05, 4.69) is 4.98 Å². The van der Waals surface area contributed by atoms with Gasteiger partial charge >= 0.3 is 5.69 Å². The van der Waals surface area contributed by atoms with E-state index >= 15 is 0 Å². The van der Waals surface area contributed by atoms with Crippen LogP contribution in [0.1, 0.15) is 42.6 Å². The van der Waals surface area contributed by atoms with E-state index in [0.29, 0.717) is 48.9 Å². The number of fused-ring (bicyclic) bond motifs is 1. The van der Waals surface area contributed by atoms with Crippen molar-refractivity contribution in [2.75, 3.05) is 19.6 Å². The Labute approximate surface area is 195 Å². The summed E-state index contributed by atoms with van der Waals surface area (Å²) in [6, 6.07) is 10.8. The molecule has 1 fully saturated rings. The molecule has 1 N–H and O–H groups in total. The van der Waals surface area contributed by atoms with Crippen molar-refractivity contribution in [1.29, 1.82) is 0 Å². The molecule has 2 amide bonds. The Hall–Kier alpha value is -3.75. The molecule has 2 heterocycles. The highest BCUT2D eigenvalue weighted by molar-refractivity contribution is 5.95. The standard InChI is InChI=1S/C25H27FN4O4/c1-3-17-15-28(11-12-29(17)22(31)4-2)24(33)19-13-16(9-10-20(19)26)14-30-21-8-6-5-7-18(21)23(32)27-25(30)34/h5-10,13,17H,3-4,11-12,14-15H2,1-2H3,(H,27,32,34)/t17-/m1/s1. The number of nitrogens with zero attached hydrogens (tertiary/aromatic N) is 3. The van der Waals surface area contributed by atoms with Crippen LogP contribution in [0.5, 0.6) is 0 Å². The molecule has 1 aromatic heterocycles. The first-order valence-corrected chi connectivity index (χ1v) is 11.4. The van der Waals surface area contributed by atoms with Gasteiger partial charge in [-0.3, -0.25) is 23.9 Å². The van der Waals surface area contributed by atoms with Crippen molar-refractivity contribution in [3.05, 3.63) is 80.2 Å². The van der Waals surface area contributed by atoms with E-state index in [9.17, 15) is 23.6 Å². The Morgan fingerprint density at radius 2 is 1.85 bits per heavy atom. The highest BCUT2D eigenvalue weighted by Crippen LogP contribution is 2.20. The molecule has 1 saturated heterocycles. The van der Waals surface area contributed by atoms with Crippen LogP contribution < -0.4 is 11.2 Å². The first-order valence-electron chi connectivity index (χ1n) is 11.4. The smallest absolute Gasteiger partial charge is 0.329 e. The highest BCUT2D eigenvalue weighted by atomic mass is 19.1. The number of aromatic nitrogens is 2. The predicted octanol–water partition coefficient (Wildman–Crippen LogP) is 2.35. The van der Waals surface area contributed by atoms with Gasteiger partial charge in [-0.05, 0) is 36.2 Å². The van der Waals surface area contributed by atoms with Gasteiger partial charge < -0.3 is 9.80 Å². The lowest BCUT2D eigenvalue weighted by molar-refractivity contribution is -0.135. The number of nitrogens with one attached hydrogen (secondary N) is 1. The van der Waals surface area contributed by atoms with Crippen LogP contribution in [0.25, 0.3) is 10.9 Å². The van der Waals surface area contributed by atoms with Gasteiger partial charge in [-0.25, -0.2) is 9.18 Å². The molecule has 178 valence electrons. The molecule has 1 aliphatic heterocycles. The number of hydrogen-bond donors (Lipinski definition) is 1. The summed E-state index contributed by atoms with van der Waals surface area (Å²) in [5.74, 6) is -1.04. The van der Waals surface area contributed by atoms with Crippen molar-refractivity contribution >= 4 is 22.7 Å². The summed E-state index contributed by atoms with van der Waals surface area (Å²) in [4.78, 5) is 55.7. The van der Waals surface area contributed by atoms with Crippen LogP contribution in [0.4, 0.5) is 4.39 Å². The van der Waals surface area contributed by atoms with Gasteiger partial charge in [0.25, 0.3) is 11.5 Å². The van der Waals surface area contributed by atoms with Gasteiger partial charge in [0.2, 0.25) is 5.91 Å². The van der Waals surface area contributed by atoms with Crippen molar-refractivity contribution in [2.24, 2.45) is 0 Å². The van der Waals surface area contributed by atoms with E-state index in [0.717, 1.165) is 0 Å². The second kappa shape index (κ2) is 9.62. The molecule has 1 atom stereocenters. The first-order chi connectivity index (χ1) is 16.3. The van der Waals surface area contributed by atoms with E-state index in [-0.39, 0.29) is 24.1 Å². The van der Waals surface area contributed by atoms with Gasteiger partial charge in [-0.2, -0.15) is 0 Å². The van der Waals surface area contributed by atoms with Gasteiger partial charge in [0.15, 0.2) is 0 Å². The Bertz CT molecular complexity index is 1360. The zero-order valence-corrected chi connectivity index (χ0v) is 19.2. The molecule has 0 bridgehead atoms. The second-order valence-electron chi connectivity index (χ2n) is 8.43. The third-order valence-corrected chi connectivity index (χ3v) is 6.37. The predicted molar refractivity (Wildman–Crippen MR) is 126 cm³/mol.